The molecule has 5 nitrogen and oxygen atoms in total. The summed E-state index contributed by atoms with van der Waals surface area (Å²) in [5, 5.41) is 2.55. The standard InChI is InChI=1S/C21H18N2O3/c1-14-3-7-16(8-4-14)20(24)21(25)23-17-9-12-19(22-13-17)26-18-10-5-15(2)6-11-18/h3-13H,1-2H3,(H,23,25). The second-order valence-corrected chi connectivity index (χ2v) is 5.95. The number of amides is 1. The smallest absolute Gasteiger partial charge is 0.296 e. The highest BCUT2D eigenvalue weighted by atomic mass is 16.5. The first-order valence-electron chi connectivity index (χ1n) is 8.14. The number of pyridine rings is 1. The highest BCUT2D eigenvalue weighted by Crippen LogP contribution is 2.20. The van der Waals surface area contributed by atoms with Crippen molar-refractivity contribution in [2.24, 2.45) is 0 Å². The molecule has 3 rings (SSSR count). The number of carbonyl (C=O) groups is 2. The minimum absolute atomic E-state index is 0.348. The summed E-state index contributed by atoms with van der Waals surface area (Å²) < 4.78 is 5.63. The molecule has 0 aliphatic rings. The van der Waals surface area contributed by atoms with Gasteiger partial charge in [0.25, 0.3) is 11.7 Å². The summed E-state index contributed by atoms with van der Waals surface area (Å²) in [6, 6.07) is 17.7. The minimum atomic E-state index is -0.706. The van der Waals surface area contributed by atoms with Crippen molar-refractivity contribution in [2.75, 3.05) is 5.32 Å². The number of ether oxygens (including phenoxy) is 1. The number of Topliss-reactive ketones (excluding diaryl/α,β-unsaturated/α-hetero) is 1. The number of aryl methyl sites for hydroxylation is 2. The summed E-state index contributed by atoms with van der Waals surface area (Å²) in [7, 11) is 0. The third kappa shape index (κ3) is 4.33. The van der Waals surface area contributed by atoms with Crippen LogP contribution in [0.5, 0.6) is 11.6 Å². The first kappa shape index (κ1) is 17.4. The average molecular weight is 346 g/mol. The molecule has 0 spiro atoms. The maximum absolute atomic E-state index is 12.1. The molecule has 0 aliphatic heterocycles. The number of benzene rings is 2. The summed E-state index contributed by atoms with van der Waals surface area (Å²) in [6.45, 7) is 3.91. The molecule has 1 aromatic heterocycles. The fourth-order valence-corrected chi connectivity index (χ4v) is 2.27. The van der Waals surface area contributed by atoms with Gasteiger partial charge in [0, 0.05) is 11.6 Å². The second kappa shape index (κ2) is 7.61. The van der Waals surface area contributed by atoms with E-state index in [-0.39, 0.29) is 0 Å². The Morgan fingerprint density at radius 1 is 0.846 bits per heavy atom. The van der Waals surface area contributed by atoms with Crippen LogP contribution in [0.4, 0.5) is 5.69 Å². The van der Waals surface area contributed by atoms with Gasteiger partial charge in [0.2, 0.25) is 5.88 Å². The van der Waals surface area contributed by atoms with Gasteiger partial charge in [-0.3, -0.25) is 9.59 Å². The molecule has 130 valence electrons. The Morgan fingerprint density at radius 2 is 1.46 bits per heavy atom. The number of hydrogen-bond acceptors (Lipinski definition) is 4. The quantitative estimate of drug-likeness (QED) is 0.552. The number of hydrogen-bond donors (Lipinski definition) is 1. The molecule has 1 heterocycles. The van der Waals surface area contributed by atoms with Gasteiger partial charge >= 0.3 is 0 Å². The molecule has 0 saturated heterocycles. The van der Waals surface area contributed by atoms with Gasteiger partial charge in [0.15, 0.2) is 0 Å². The normalized spacial score (nSPS) is 10.2. The molecular formula is C21H18N2O3. The van der Waals surface area contributed by atoms with Crippen molar-refractivity contribution in [3.8, 4) is 11.6 Å². The van der Waals surface area contributed by atoms with Gasteiger partial charge in [-0.2, -0.15) is 0 Å². The largest absolute Gasteiger partial charge is 0.439 e. The van der Waals surface area contributed by atoms with Crippen molar-refractivity contribution in [3.05, 3.63) is 83.6 Å². The number of ketones is 1. The summed E-state index contributed by atoms with van der Waals surface area (Å²) in [4.78, 5) is 28.4. The van der Waals surface area contributed by atoms with Crippen LogP contribution in [-0.2, 0) is 4.79 Å². The van der Waals surface area contributed by atoms with E-state index in [1.807, 2.05) is 38.1 Å². The molecule has 0 radical (unpaired) electrons. The summed E-state index contributed by atoms with van der Waals surface area (Å²) >= 11 is 0. The zero-order valence-corrected chi connectivity index (χ0v) is 14.5. The summed E-state index contributed by atoms with van der Waals surface area (Å²) in [5.41, 5.74) is 2.93. The SMILES string of the molecule is Cc1ccc(Oc2ccc(NC(=O)C(=O)c3ccc(C)cc3)cn2)cc1. The van der Waals surface area contributed by atoms with E-state index in [0.717, 1.165) is 11.1 Å². The van der Waals surface area contributed by atoms with Crippen molar-refractivity contribution in [1.82, 2.24) is 4.98 Å². The van der Waals surface area contributed by atoms with Crippen LogP contribution in [-0.4, -0.2) is 16.7 Å². The molecule has 0 fully saturated rings. The molecule has 0 bridgehead atoms. The van der Waals surface area contributed by atoms with E-state index in [1.165, 1.54) is 6.20 Å². The minimum Gasteiger partial charge on any atom is -0.439 e. The number of carbonyl (C=O) groups excluding carboxylic acids is 2. The molecular weight excluding hydrogens is 328 g/mol. The Labute approximate surface area is 151 Å². The maximum atomic E-state index is 12.1. The fraction of sp³-hybridized carbons (Fsp3) is 0.0952. The van der Waals surface area contributed by atoms with Gasteiger partial charge in [-0.05, 0) is 32.0 Å². The van der Waals surface area contributed by atoms with E-state index in [9.17, 15) is 9.59 Å². The number of anilines is 1. The Hall–Kier alpha value is -3.47. The number of rotatable bonds is 5. The lowest BCUT2D eigenvalue weighted by Crippen LogP contribution is -2.22. The molecule has 5 heteroatoms. The van der Waals surface area contributed by atoms with Crippen molar-refractivity contribution in [1.29, 1.82) is 0 Å². The molecule has 0 atom stereocenters. The second-order valence-electron chi connectivity index (χ2n) is 5.95. The van der Waals surface area contributed by atoms with Crippen molar-refractivity contribution in [3.63, 3.8) is 0 Å². The first-order chi connectivity index (χ1) is 12.5. The van der Waals surface area contributed by atoms with E-state index in [1.54, 1.807) is 36.4 Å². The molecule has 3 aromatic rings. The number of nitrogens with zero attached hydrogens (tertiary/aromatic N) is 1. The Bertz CT molecular complexity index is 915. The average Bonchev–Trinajstić information content (AvgIpc) is 2.65. The summed E-state index contributed by atoms with van der Waals surface area (Å²) in [6.07, 6.45) is 1.45. The van der Waals surface area contributed by atoms with E-state index in [0.29, 0.717) is 22.9 Å². The third-order valence-electron chi connectivity index (χ3n) is 3.76. The predicted octanol–water partition coefficient (Wildman–Crippen LogP) is 4.31. The van der Waals surface area contributed by atoms with Gasteiger partial charge in [-0.1, -0.05) is 47.5 Å². The Morgan fingerprint density at radius 3 is 2.04 bits per heavy atom. The molecule has 0 unspecified atom stereocenters. The summed E-state index contributed by atoms with van der Waals surface area (Å²) in [5.74, 6) is -0.223. The van der Waals surface area contributed by atoms with Crippen LogP contribution in [0.1, 0.15) is 21.5 Å². The molecule has 1 amide bonds. The Kier molecular flexibility index (Phi) is 5.08. The molecule has 0 saturated carbocycles. The van der Waals surface area contributed by atoms with Gasteiger partial charge in [0.1, 0.15) is 5.75 Å². The van der Waals surface area contributed by atoms with Crippen LogP contribution in [0.2, 0.25) is 0 Å². The first-order valence-corrected chi connectivity index (χ1v) is 8.14. The third-order valence-corrected chi connectivity index (χ3v) is 3.76. The van der Waals surface area contributed by atoms with Crippen LogP contribution in [0, 0.1) is 13.8 Å². The molecule has 0 aliphatic carbocycles. The fourth-order valence-electron chi connectivity index (χ4n) is 2.27. The van der Waals surface area contributed by atoms with Crippen LogP contribution >= 0.6 is 0 Å². The Balaban J connectivity index is 1.63. The molecule has 2 aromatic carbocycles. The van der Waals surface area contributed by atoms with Crippen LogP contribution in [0.25, 0.3) is 0 Å². The lowest BCUT2D eigenvalue weighted by Gasteiger charge is -2.07. The topological polar surface area (TPSA) is 68.3 Å². The highest BCUT2D eigenvalue weighted by Gasteiger charge is 2.16. The van der Waals surface area contributed by atoms with Crippen molar-refractivity contribution in [2.45, 2.75) is 13.8 Å². The van der Waals surface area contributed by atoms with Gasteiger partial charge in [-0.25, -0.2) is 4.98 Å². The lowest BCUT2D eigenvalue weighted by molar-refractivity contribution is -0.112. The number of nitrogens with one attached hydrogen (secondary N) is 1. The maximum Gasteiger partial charge on any atom is 0.296 e. The van der Waals surface area contributed by atoms with E-state index >= 15 is 0 Å². The van der Waals surface area contributed by atoms with Crippen LogP contribution in [0.15, 0.2) is 66.9 Å². The monoisotopic (exact) mass is 346 g/mol. The number of aromatic nitrogens is 1. The van der Waals surface area contributed by atoms with Gasteiger partial charge in [-0.15, -0.1) is 0 Å². The van der Waals surface area contributed by atoms with Crippen molar-refractivity contribution < 1.29 is 14.3 Å². The van der Waals surface area contributed by atoms with E-state index in [4.69, 9.17) is 4.74 Å². The van der Waals surface area contributed by atoms with Crippen molar-refractivity contribution >= 4 is 17.4 Å². The van der Waals surface area contributed by atoms with Gasteiger partial charge < -0.3 is 10.1 Å². The molecule has 26 heavy (non-hydrogen) atoms. The van der Waals surface area contributed by atoms with Crippen LogP contribution < -0.4 is 10.1 Å². The zero-order chi connectivity index (χ0) is 18.5. The molecule has 1 N–H and O–H groups in total. The van der Waals surface area contributed by atoms with E-state index < -0.39 is 11.7 Å². The zero-order valence-electron chi connectivity index (χ0n) is 14.5. The van der Waals surface area contributed by atoms with Crippen LogP contribution in [0.3, 0.4) is 0 Å². The highest BCUT2D eigenvalue weighted by molar-refractivity contribution is 6.46. The van der Waals surface area contributed by atoms with Gasteiger partial charge in [0.05, 0.1) is 11.9 Å². The lowest BCUT2D eigenvalue weighted by atomic mass is 10.1. The van der Waals surface area contributed by atoms with E-state index in [2.05, 4.69) is 10.3 Å². The predicted molar refractivity (Wildman–Crippen MR) is 99.6 cm³/mol.